The largest absolute Gasteiger partial charge is 0.481 e. The van der Waals surface area contributed by atoms with E-state index in [0.29, 0.717) is 19.8 Å². The average molecular weight is 286 g/mol. The monoisotopic (exact) mass is 286 g/mol. The number of hydrogen-bond donors (Lipinski definition) is 3. The minimum Gasteiger partial charge on any atom is -0.481 e. The molecule has 0 bridgehead atoms. The molecule has 6 heteroatoms. The van der Waals surface area contributed by atoms with Gasteiger partial charge in [-0.15, -0.1) is 6.58 Å². The van der Waals surface area contributed by atoms with Crippen molar-refractivity contribution in [2.45, 2.75) is 39.7 Å². The number of carbonyl (C=O) groups is 2. The first-order chi connectivity index (χ1) is 9.27. The number of carboxylic acids is 1. The number of aliphatic carboxylic acids is 1. The van der Waals surface area contributed by atoms with Gasteiger partial charge in [-0.05, 0) is 11.8 Å². The second kappa shape index (κ2) is 9.36. The summed E-state index contributed by atoms with van der Waals surface area (Å²) in [5.74, 6) is -0.932. The van der Waals surface area contributed by atoms with E-state index in [1.807, 2.05) is 20.8 Å². The first-order valence-electron chi connectivity index (χ1n) is 6.72. The minimum absolute atomic E-state index is 0.104. The Kier molecular flexibility index (Phi) is 8.63. The molecule has 0 spiro atoms. The lowest BCUT2D eigenvalue weighted by Crippen LogP contribution is -2.49. The van der Waals surface area contributed by atoms with Crippen molar-refractivity contribution in [3.8, 4) is 0 Å². The average Bonchev–Trinajstić information content (AvgIpc) is 2.31. The summed E-state index contributed by atoms with van der Waals surface area (Å²) in [5, 5.41) is 14.2. The van der Waals surface area contributed by atoms with Crippen LogP contribution >= 0.6 is 0 Å². The molecule has 0 saturated carbocycles. The van der Waals surface area contributed by atoms with Crippen molar-refractivity contribution in [1.29, 1.82) is 0 Å². The van der Waals surface area contributed by atoms with Crippen molar-refractivity contribution in [2.75, 3.05) is 19.8 Å². The smallest absolute Gasteiger partial charge is 0.315 e. The normalized spacial score (nSPS) is 12.6. The molecule has 3 N–H and O–H groups in total. The van der Waals surface area contributed by atoms with Gasteiger partial charge in [-0.2, -0.15) is 0 Å². The molecule has 2 amide bonds. The summed E-state index contributed by atoms with van der Waals surface area (Å²) in [5.41, 5.74) is -0.323. The summed E-state index contributed by atoms with van der Waals surface area (Å²) in [7, 11) is 0. The van der Waals surface area contributed by atoms with Crippen molar-refractivity contribution in [3.05, 3.63) is 12.7 Å². The maximum atomic E-state index is 11.7. The second-order valence-corrected chi connectivity index (χ2v) is 5.61. The minimum atomic E-state index is -0.932. The molecule has 6 nitrogen and oxygen atoms in total. The van der Waals surface area contributed by atoms with E-state index in [1.165, 1.54) is 0 Å². The number of amides is 2. The third-order valence-corrected chi connectivity index (χ3v) is 2.73. The van der Waals surface area contributed by atoms with E-state index in [1.54, 1.807) is 6.08 Å². The predicted molar refractivity (Wildman–Crippen MR) is 77.7 cm³/mol. The molecular formula is C14H26N2O4. The molecule has 116 valence electrons. The van der Waals surface area contributed by atoms with Crippen LogP contribution in [0, 0.1) is 5.41 Å². The number of carbonyl (C=O) groups excluding carboxylic acids is 1. The number of urea groups is 1. The SMILES string of the molecule is C=CCCOCCNC(=O)NC(CC(=O)O)C(C)(C)C. The lowest BCUT2D eigenvalue weighted by molar-refractivity contribution is -0.138. The van der Waals surface area contributed by atoms with E-state index >= 15 is 0 Å². The molecule has 0 aromatic heterocycles. The van der Waals surface area contributed by atoms with Crippen molar-refractivity contribution >= 4 is 12.0 Å². The molecule has 1 unspecified atom stereocenters. The van der Waals surface area contributed by atoms with Crippen molar-refractivity contribution in [2.24, 2.45) is 5.41 Å². The third-order valence-electron chi connectivity index (χ3n) is 2.73. The molecule has 0 aromatic rings. The lowest BCUT2D eigenvalue weighted by Gasteiger charge is -2.30. The van der Waals surface area contributed by atoms with Gasteiger partial charge in [-0.3, -0.25) is 4.79 Å². The highest BCUT2D eigenvalue weighted by molar-refractivity contribution is 5.75. The maximum Gasteiger partial charge on any atom is 0.315 e. The quantitative estimate of drug-likeness (QED) is 0.445. The molecule has 0 aliphatic carbocycles. The van der Waals surface area contributed by atoms with E-state index in [4.69, 9.17) is 9.84 Å². The molecule has 0 aliphatic rings. The summed E-state index contributed by atoms with van der Waals surface area (Å²) in [6.07, 6.45) is 2.43. The highest BCUT2D eigenvalue weighted by Gasteiger charge is 2.28. The Balaban J connectivity index is 4.01. The Hall–Kier alpha value is -1.56. The van der Waals surface area contributed by atoms with Gasteiger partial charge < -0.3 is 20.5 Å². The van der Waals surface area contributed by atoms with Gasteiger partial charge >= 0.3 is 12.0 Å². The summed E-state index contributed by atoms with van der Waals surface area (Å²) in [6, 6.07) is -0.805. The summed E-state index contributed by atoms with van der Waals surface area (Å²) >= 11 is 0. The topological polar surface area (TPSA) is 87.7 Å². The van der Waals surface area contributed by atoms with Crippen LogP contribution in [0.2, 0.25) is 0 Å². The van der Waals surface area contributed by atoms with Crippen molar-refractivity contribution in [3.63, 3.8) is 0 Å². The number of rotatable bonds is 9. The number of nitrogens with one attached hydrogen (secondary N) is 2. The zero-order valence-corrected chi connectivity index (χ0v) is 12.6. The summed E-state index contributed by atoms with van der Waals surface area (Å²) in [6.45, 7) is 10.6. The molecule has 0 aliphatic heterocycles. The van der Waals surface area contributed by atoms with Gasteiger partial charge in [0.15, 0.2) is 0 Å². The molecule has 20 heavy (non-hydrogen) atoms. The highest BCUT2D eigenvalue weighted by Crippen LogP contribution is 2.21. The fourth-order valence-corrected chi connectivity index (χ4v) is 1.46. The Morgan fingerprint density at radius 1 is 1.35 bits per heavy atom. The standard InChI is InChI=1S/C14H26N2O4/c1-5-6-8-20-9-7-15-13(19)16-11(10-12(17)18)14(2,3)4/h5,11H,1,6-10H2,2-4H3,(H,17,18)(H2,15,16,19). The van der Waals surface area contributed by atoms with Crippen LogP contribution in [-0.2, 0) is 9.53 Å². The van der Waals surface area contributed by atoms with Crippen LogP contribution in [0.4, 0.5) is 4.79 Å². The Morgan fingerprint density at radius 2 is 2.00 bits per heavy atom. The number of ether oxygens (including phenoxy) is 1. The van der Waals surface area contributed by atoms with Gasteiger partial charge in [-0.1, -0.05) is 26.8 Å². The maximum absolute atomic E-state index is 11.7. The fourth-order valence-electron chi connectivity index (χ4n) is 1.46. The highest BCUT2D eigenvalue weighted by atomic mass is 16.5. The van der Waals surface area contributed by atoms with Gasteiger partial charge in [0.05, 0.1) is 19.6 Å². The van der Waals surface area contributed by atoms with E-state index in [9.17, 15) is 9.59 Å². The molecule has 0 heterocycles. The van der Waals surface area contributed by atoms with Gasteiger partial charge in [0.25, 0.3) is 0 Å². The predicted octanol–water partition coefficient (Wildman–Crippen LogP) is 1.77. The molecule has 0 aromatic carbocycles. The van der Waals surface area contributed by atoms with E-state index in [-0.39, 0.29) is 17.9 Å². The molecular weight excluding hydrogens is 260 g/mol. The van der Waals surface area contributed by atoms with Crippen LogP contribution in [0.5, 0.6) is 0 Å². The van der Waals surface area contributed by atoms with Crippen LogP contribution in [0.25, 0.3) is 0 Å². The molecule has 1 atom stereocenters. The Bertz CT molecular complexity index is 324. The summed E-state index contributed by atoms with van der Waals surface area (Å²) in [4.78, 5) is 22.5. The molecule has 0 saturated heterocycles. The first-order valence-corrected chi connectivity index (χ1v) is 6.72. The van der Waals surface area contributed by atoms with Crippen molar-refractivity contribution in [1.82, 2.24) is 10.6 Å². The van der Waals surface area contributed by atoms with Crippen LogP contribution in [0.15, 0.2) is 12.7 Å². The van der Waals surface area contributed by atoms with Gasteiger partial charge in [0, 0.05) is 12.6 Å². The van der Waals surface area contributed by atoms with Crippen molar-refractivity contribution < 1.29 is 19.4 Å². The van der Waals surface area contributed by atoms with Gasteiger partial charge in [0.1, 0.15) is 0 Å². The number of hydrogen-bond acceptors (Lipinski definition) is 3. The first kappa shape index (κ1) is 18.4. The summed E-state index contributed by atoms with van der Waals surface area (Å²) < 4.78 is 5.25. The zero-order chi connectivity index (χ0) is 15.6. The van der Waals surface area contributed by atoms with Gasteiger partial charge in [-0.25, -0.2) is 4.79 Å². The van der Waals surface area contributed by atoms with E-state index < -0.39 is 12.0 Å². The van der Waals surface area contributed by atoms with Crippen LogP contribution < -0.4 is 10.6 Å². The second-order valence-electron chi connectivity index (χ2n) is 5.61. The molecule has 0 radical (unpaired) electrons. The van der Waals surface area contributed by atoms with Crippen LogP contribution in [0.1, 0.15) is 33.6 Å². The van der Waals surface area contributed by atoms with Crippen LogP contribution in [0.3, 0.4) is 0 Å². The molecule has 0 fully saturated rings. The van der Waals surface area contributed by atoms with E-state index in [2.05, 4.69) is 17.2 Å². The third kappa shape index (κ3) is 9.38. The number of carboxylic acid groups (broad SMARTS) is 1. The molecule has 0 rings (SSSR count). The zero-order valence-electron chi connectivity index (χ0n) is 12.6. The Labute approximate surface area is 120 Å². The Morgan fingerprint density at radius 3 is 2.50 bits per heavy atom. The lowest BCUT2D eigenvalue weighted by atomic mass is 9.85. The van der Waals surface area contributed by atoms with Gasteiger partial charge in [0.2, 0.25) is 0 Å². The van der Waals surface area contributed by atoms with E-state index in [0.717, 1.165) is 6.42 Å². The fraction of sp³-hybridized carbons (Fsp3) is 0.714. The van der Waals surface area contributed by atoms with Crippen LogP contribution in [-0.4, -0.2) is 42.9 Å².